The Morgan fingerprint density at radius 2 is 1.94 bits per heavy atom. The fraction of sp³-hybridized carbons (Fsp3) is 0.364. The van der Waals surface area contributed by atoms with Gasteiger partial charge in [0.05, 0.1) is 12.3 Å². The van der Waals surface area contributed by atoms with Crippen molar-refractivity contribution in [2.45, 2.75) is 18.5 Å². The lowest BCUT2D eigenvalue weighted by Gasteiger charge is -2.16. The summed E-state index contributed by atoms with van der Waals surface area (Å²) < 4.78 is 36.9. The van der Waals surface area contributed by atoms with Crippen LogP contribution in [0.3, 0.4) is 0 Å². The number of rotatable bonds is 4. The molecule has 1 unspecified atom stereocenters. The van der Waals surface area contributed by atoms with Gasteiger partial charge in [-0.2, -0.15) is 13.2 Å². The monoisotopic (exact) mass is 247 g/mol. The van der Waals surface area contributed by atoms with Gasteiger partial charge in [-0.3, -0.25) is 4.79 Å². The average Bonchev–Trinajstić information content (AvgIpc) is 2.18. The van der Waals surface area contributed by atoms with Gasteiger partial charge in [0.15, 0.2) is 0 Å². The van der Waals surface area contributed by atoms with Crippen molar-refractivity contribution in [1.82, 2.24) is 0 Å². The highest BCUT2D eigenvalue weighted by atomic mass is 19.4. The van der Waals surface area contributed by atoms with Crippen LogP contribution in [0.5, 0.6) is 0 Å². The summed E-state index contributed by atoms with van der Waals surface area (Å²) in [6, 6.07) is 5.59. The Kier molecular flexibility index (Phi) is 4.11. The first kappa shape index (κ1) is 13.5. The van der Waals surface area contributed by atoms with Gasteiger partial charge in [-0.1, -0.05) is 24.3 Å². The Hall–Kier alpha value is -1.56. The standard InChI is InChI=1S/C11H12F3NO2/c12-11(13,14)5-7-3-1-2-4-8(7)9(6-15)10(16)17/h1-4,9H,5-6,15H2,(H,16,17). The van der Waals surface area contributed by atoms with Gasteiger partial charge in [-0.05, 0) is 11.1 Å². The van der Waals surface area contributed by atoms with Crippen molar-refractivity contribution < 1.29 is 23.1 Å². The summed E-state index contributed by atoms with van der Waals surface area (Å²) in [7, 11) is 0. The lowest BCUT2D eigenvalue weighted by molar-refractivity contribution is -0.139. The minimum Gasteiger partial charge on any atom is -0.481 e. The highest BCUT2D eigenvalue weighted by Crippen LogP contribution is 2.27. The van der Waals surface area contributed by atoms with Crippen molar-refractivity contribution in [3.8, 4) is 0 Å². The fourth-order valence-electron chi connectivity index (χ4n) is 1.61. The topological polar surface area (TPSA) is 63.3 Å². The van der Waals surface area contributed by atoms with Crippen LogP contribution in [0.4, 0.5) is 13.2 Å². The predicted molar refractivity (Wildman–Crippen MR) is 55.6 cm³/mol. The molecule has 0 fully saturated rings. The second-order valence-corrected chi connectivity index (χ2v) is 3.62. The first-order valence-electron chi connectivity index (χ1n) is 4.92. The van der Waals surface area contributed by atoms with E-state index in [1.165, 1.54) is 24.3 Å². The van der Waals surface area contributed by atoms with Gasteiger partial charge in [0.25, 0.3) is 0 Å². The van der Waals surface area contributed by atoms with Crippen LogP contribution < -0.4 is 5.73 Å². The third kappa shape index (κ3) is 3.74. The Morgan fingerprint density at radius 1 is 1.35 bits per heavy atom. The number of carboxylic acids is 1. The summed E-state index contributed by atoms with van der Waals surface area (Å²) in [5, 5.41) is 8.89. The molecule has 0 saturated carbocycles. The SMILES string of the molecule is NCC(C(=O)O)c1ccccc1CC(F)(F)F. The molecule has 0 aliphatic rings. The summed E-state index contributed by atoms with van der Waals surface area (Å²) in [5.41, 5.74) is 5.36. The van der Waals surface area contributed by atoms with Gasteiger partial charge in [-0.25, -0.2) is 0 Å². The van der Waals surface area contributed by atoms with Crippen LogP contribution in [0.2, 0.25) is 0 Å². The van der Waals surface area contributed by atoms with E-state index in [-0.39, 0.29) is 17.7 Å². The van der Waals surface area contributed by atoms with Crippen LogP contribution in [0.15, 0.2) is 24.3 Å². The van der Waals surface area contributed by atoms with Gasteiger partial charge in [-0.15, -0.1) is 0 Å². The minimum absolute atomic E-state index is 0.0437. The number of halogens is 3. The summed E-state index contributed by atoms with van der Waals surface area (Å²) in [6.07, 6.45) is -5.51. The summed E-state index contributed by atoms with van der Waals surface area (Å²) >= 11 is 0. The van der Waals surface area contributed by atoms with E-state index in [1.54, 1.807) is 0 Å². The molecule has 0 saturated heterocycles. The van der Waals surface area contributed by atoms with Crippen molar-refractivity contribution in [1.29, 1.82) is 0 Å². The van der Waals surface area contributed by atoms with Gasteiger partial charge in [0.2, 0.25) is 0 Å². The first-order chi connectivity index (χ1) is 7.85. The normalized spacial score (nSPS) is 13.4. The molecule has 0 spiro atoms. The largest absolute Gasteiger partial charge is 0.481 e. The second kappa shape index (κ2) is 5.18. The van der Waals surface area contributed by atoms with E-state index in [0.717, 1.165) is 0 Å². The minimum atomic E-state index is -4.37. The summed E-state index contributed by atoms with van der Waals surface area (Å²) in [6.45, 7) is -0.232. The summed E-state index contributed by atoms with van der Waals surface area (Å²) in [5.74, 6) is -2.32. The number of benzene rings is 1. The van der Waals surface area contributed by atoms with Crippen LogP contribution in [-0.4, -0.2) is 23.8 Å². The van der Waals surface area contributed by atoms with Crippen LogP contribution in [0, 0.1) is 0 Å². The van der Waals surface area contributed by atoms with Gasteiger partial charge in [0, 0.05) is 6.54 Å². The Labute approximate surface area is 96.0 Å². The maximum absolute atomic E-state index is 12.3. The fourth-order valence-corrected chi connectivity index (χ4v) is 1.61. The molecule has 1 aromatic rings. The Bertz CT molecular complexity index is 404. The molecule has 0 aromatic heterocycles. The highest BCUT2D eigenvalue weighted by Gasteiger charge is 2.31. The number of carboxylic acid groups (broad SMARTS) is 1. The van der Waals surface area contributed by atoms with Crippen LogP contribution in [-0.2, 0) is 11.2 Å². The molecule has 0 bridgehead atoms. The van der Waals surface area contributed by atoms with E-state index in [0.29, 0.717) is 0 Å². The zero-order chi connectivity index (χ0) is 13.1. The number of carbonyl (C=O) groups is 1. The Balaban J connectivity index is 3.11. The molecule has 3 N–H and O–H groups in total. The number of alkyl halides is 3. The van der Waals surface area contributed by atoms with Crippen molar-refractivity contribution in [3.05, 3.63) is 35.4 Å². The predicted octanol–water partition coefficient (Wildman–Crippen LogP) is 1.92. The molecule has 0 amide bonds. The Morgan fingerprint density at radius 3 is 2.41 bits per heavy atom. The molecule has 94 valence electrons. The lowest BCUT2D eigenvalue weighted by atomic mass is 9.92. The number of hydrogen-bond donors (Lipinski definition) is 2. The molecule has 17 heavy (non-hydrogen) atoms. The molecular formula is C11H12F3NO2. The molecule has 0 radical (unpaired) electrons. The molecule has 6 heteroatoms. The highest BCUT2D eigenvalue weighted by molar-refractivity contribution is 5.77. The maximum Gasteiger partial charge on any atom is 0.393 e. The van der Waals surface area contributed by atoms with Crippen LogP contribution in [0.1, 0.15) is 17.0 Å². The van der Waals surface area contributed by atoms with Crippen LogP contribution in [0.25, 0.3) is 0 Å². The van der Waals surface area contributed by atoms with E-state index in [9.17, 15) is 18.0 Å². The lowest BCUT2D eigenvalue weighted by Crippen LogP contribution is -2.23. The van der Waals surface area contributed by atoms with E-state index >= 15 is 0 Å². The van der Waals surface area contributed by atoms with E-state index in [1.807, 2.05) is 0 Å². The van der Waals surface area contributed by atoms with Crippen molar-refractivity contribution in [3.63, 3.8) is 0 Å². The average molecular weight is 247 g/mol. The van der Waals surface area contributed by atoms with E-state index in [4.69, 9.17) is 10.8 Å². The first-order valence-corrected chi connectivity index (χ1v) is 4.92. The maximum atomic E-state index is 12.3. The molecule has 1 aromatic carbocycles. The van der Waals surface area contributed by atoms with Gasteiger partial charge >= 0.3 is 12.1 Å². The van der Waals surface area contributed by atoms with Gasteiger partial charge < -0.3 is 10.8 Å². The zero-order valence-electron chi connectivity index (χ0n) is 8.87. The number of aliphatic carboxylic acids is 1. The molecule has 1 atom stereocenters. The molecule has 3 nitrogen and oxygen atoms in total. The second-order valence-electron chi connectivity index (χ2n) is 3.62. The molecule has 1 rings (SSSR count). The van der Waals surface area contributed by atoms with Gasteiger partial charge in [0.1, 0.15) is 0 Å². The van der Waals surface area contributed by atoms with Crippen molar-refractivity contribution in [2.75, 3.05) is 6.54 Å². The van der Waals surface area contributed by atoms with Crippen molar-refractivity contribution >= 4 is 5.97 Å². The smallest absolute Gasteiger partial charge is 0.393 e. The number of nitrogens with two attached hydrogens (primary N) is 1. The summed E-state index contributed by atoms with van der Waals surface area (Å²) in [4.78, 5) is 10.9. The number of hydrogen-bond acceptors (Lipinski definition) is 2. The third-order valence-electron chi connectivity index (χ3n) is 2.36. The zero-order valence-corrected chi connectivity index (χ0v) is 8.87. The molecule has 0 aliphatic carbocycles. The quantitative estimate of drug-likeness (QED) is 0.854. The van der Waals surface area contributed by atoms with Crippen LogP contribution >= 0.6 is 0 Å². The third-order valence-corrected chi connectivity index (χ3v) is 2.36. The molecular weight excluding hydrogens is 235 g/mol. The molecule has 0 heterocycles. The van der Waals surface area contributed by atoms with E-state index < -0.39 is 24.5 Å². The van der Waals surface area contributed by atoms with E-state index in [2.05, 4.69) is 0 Å². The molecule has 0 aliphatic heterocycles. The van der Waals surface area contributed by atoms with Crippen molar-refractivity contribution in [2.24, 2.45) is 5.73 Å².